The molecule has 98 valence electrons. The van der Waals surface area contributed by atoms with Crippen molar-refractivity contribution in [1.82, 2.24) is 4.98 Å². The third-order valence-electron chi connectivity index (χ3n) is 3.71. The van der Waals surface area contributed by atoms with E-state index in [2.05, 4.69) is 58.8 Å². The zero-order chi connectivity index (χ0) is 13.4. The highest BCUT2D eigenvalue weighted by Crippen LogP contribution is 2.40. The molecule has 1 aliphatic heterocycles. The topological polar surface area (TPSA) is 24.9 Å². The Morgan fingerprint density at radius 3 is 3.00 bits per heavy atom. The van der Waals surface area contributed by atoms with E-state index >= 15 is 0 Å². The van der Waals surface area contributed by atoms with Crippen molar-refractivity contribution in [3.63, 3.8) is 0 Å². The van der Waals surface area contributed by atoms with Gasteiger partial charge in [-0.25, -0.2) is 0 Å². The predicted molar refractivity (Wildman–Crippen MR) is 85.3 cm³/mol. The Kier molecular flexibility index (Phi) is 2.85. The second kappa shape index (κ2) is 4.84. The highest BCUT2D eigenvalue weighted by Gasteiger charge is 2.22. The minimum atomic E-state index is 0.377. The summed E-state index contributed by atoms with van der Waals surface area (Å²) in [4.78, 5) is 5.64. The first-order valence-corrected chi connectivity index (χ1v) is 7.71. The maximum Gasteiger partial charge on any atom is 0.0618 e. The van der Waals surface area contributed by atoms with E-state index in [1.807, 2.05) is 24.2 Å². The molecule has 0 radical (unpaired) electrons. The van der Waals surface area contributed by atoms with E-state index in [1.165, 1.54) is 21.2 Å². The Hall–Kier alpha value is -2.00. The van der Waals surface area contributed by atoms with Gasteiger partial charge in [-0.1, -0.05) is 30.3 Å². The largest absolute Gasteiger partial charge is 0.377 e. The Morgan fingerprint density at radius 2 is 2.00 bits per heavy atom. The lowest BCUT2D eigenvalue weighted by Gasteiger charge is -2.16. The Labute approximate surface area is 122 Å². The molecule has 0 fully saturated rings. The molecule has 0 bridgehead atoms. The van der Waals surface area contributed by atoms with Gasteiger partial charge in [-0.3, -0.25) is 4.98 Å². The molecule has 3 aromatic rings. The van der Waals surface area contributed by atoms with E-state index in [0.717, 1.165) is 11.4 Å². The number of thioether (sulfide) groups is 1. The van der Waals surface area contributed by atoms with Crippen LogP contribution in [0.15, 0.2) is 65.8 Å². The lowest BCUT2D eigenvalue weighted by Crippen LogP contribution is -2.09. The molecule has 2 aromatic carbocycles. The number of nitrogens with zero attached hydrogens (tertiary/aromatic N) is 1. The highest BCUT2D eigenvalue weighted by molar-refractivity contribution is 7.99. The number of pyridine rings is 1. The van der Waals surface area contributed by atoms with Gasteiger partial charge < -0.3 is 5.32 Å². The second-order valence-corrected chi connectivity index (χ2v) is 6.01. The average Bonchev–Trinajstić information content (AvgIpc) is 2.91. The molecule has 1 unspecified atom stereocenters. The first kappa shape index (κ1) is 11.8. The number of anilines is 1. The van der Waals surface area contributed by atoms with Crippen molar-refractivity contribution in [3.05, 3.63) is 66.5 Å². The minimum absolute atomic E-state index is 0.377. The molecule has 1 atom stereocenters. The van der Waals surface area contributed by atoms with Crippen molar-refractivity contribution in [2.75, 3.05) is 11.1 Å². The SMILES string of the molecule is c1ccc2c(c1)SCC2Nc1cccc2ccncc12. The van der Waals surface area contributed by atoms with Crippen molar-refractivity contribution in [3.8, 4) is 0 Å². The molecule has 0 saturated heterocycles. The molecule has 0 aliphatic carbocycles. The van der Waals surface area contributed by atoms with Crippen LogP contribution in [0.2, 0.25) is 0 Å². The van der Waals surface area contributed by atoms with Crippen LogP contribution in [0.1, 0.15) is 11.6 Å². The van der Waals surface area contributed by atoms with E-state index in [0.29, 0.717) is 6.04 Å². The van der Waals surface area contributed by atoms with Gasteiger partial charge in [-0.05, 0) is 29.1 Å². The zero-order valence-electron chi connectivity index (χ0n) is 10.9. The maximum atomic E-state index is 4.25. The summed E-state index contributed by atoms with van der Waals surface area (Å²) in [6, 6.07) is 17.4. The van der Waals surface area contributed by atoms with Gasteiger partial charge in [0.15, 0.2) is 0 Å². The standard InChI is InChI=1S/C17H14N2S/c1-2-7-17-13(5-1)16(11-20-17)19-15-6-3-4-12-8-9-18-10-14(12)15/h1-10,16,19H,11H2. The maximum absolute atomic E-state index is 4.25. The van der Waals surface area contributed by atoms with Crippen LogP contribution in [-0.2, 0) is 0 Å². The molecule has 0 spiro atoms. The van der Waals surface area contributed by atoms with Crippen LogP contribution in [0.5, 0.6) is 0 Å². The van der Waals surface area contributed by atoms with Crippen LogP contribution < -0.4 is 5.32 Å². The van der Waals surface area contributed by atoms with E-state index in [1.54, 1.807) is 0 Å². The summed E-state index contributed by atoms with van der Waals surface area (Å²) >= 11 is 1.92. The lowest BCUT2D eigenvalue weighted by atomic mass is 10.1. The summed E-state index contributed by atoms with van der Waals surface area (Å²) in [7, 11) is 0. The molecular formula is C17H14N2S. The van der Waals surface area contributed by atoms with Gasteiger partial charge >= 0.3 is 0 Å². The van der Waals surface area contributed by atoms with Crippen LogP contribution in [-0.4, -0.2) is 10.7 Å². The van der Waals surface area contributed by atoms with Gasteiger partial charge in [0, 0.05) is 34.1 Å². The molecule has 4 rings (SSSR count). The highest BCUT2D eigenvalue weighted by atomic mass is 32.2. The summed E-state index contributed by atoms with van der Waals surface area (Å²) in [5, 5.41) is 6.09. The van der Waals surface area contributed by atoms with Crippen LogP contribution in [0.4, 0.5) is 5.69 Å². The fourth-order valence-electron chi connectivity index (χ4n) is 2.71. The van der Waals surface area contributed by atoms with Gasteiger partial charge in [0.05, 0.1) is 6.04 Å². The minimum Gasteiger partial charge on any atom is -0.377 e. The number of nitrogens with one attached hydrogen (secondary N) is 1. The van der Waals surface area contributed by atoms with Gasteiger partial charge in [0.1, 0.15) is 0 Å². The summed E-state index contributed by atoms with van der Waals surface area (Å²) in [5.74, 6) is 1.08. The molecule has 1 N–H and O–H groups in total. The van der Waals surface area contributed by atoms with Gasteiger partial charge in [-0.15, -0.1) is 11.8 Å². The Balaban J connectivity index is 1.73. The number of hydrogen-bond acceptors (Lipinski definition) is 3. The van der Waals surface area contributed by atoms with Gasteiger partial charge in [-0.2, -0.15) is 0 Å². The number of rotatable bonds is 2. The number of fused-ring (bicyclic) bond motifs is 2. The first-order valence-electron chi connectivity index (χ1n) is 6.73. The van der Waals surface area contributed by atoms with Crippen LogP contribution in [0.3, 0.4) is 0 Å². The third kappa shape index (κ3) is 1.95. The summed E-state index contributed by atoms with van der Waals surface area (Å²) in [5.41, 5.74) is 2.57. The number of benzene rings is 2. The zero-order valence-corrected chi connectivity index (χ0v) is 11.7. The molecule has 3 heteroatoms. The van der Waals surface area contributed by atoms with Crippen LogP contribution in [0, 0.1) is 0 Å². The van der Waals surface area contributed by atoms with Crippen molar-refractivity contribution >= 4 is 28.2 Å². The molecule has 0 amide bonds. The fraction of sp³-hybridized carbons (Fsp3) is 0.118. The Morgan fingerprint density at radius 1 is 1.05 bits per heavy atom. The summed E-state index contributed by atoms with van der Waals surface area (Å²) < 4.78 is 0. The van der Waals surface area contributed by atoms with Crippen LogP contribution >= 0.6 is 11.8 Å². The smallest absolute Gasteiger partial charge is 0.0618 e. The molecule has 2 heterocycles. The average molecular weight is 278 g/mol. The number of hydrogen-bond donors (Lipinski definition) is 1. The Bertz CT molecular complexity index is 764. The monoisotopic (exact) mass is 278 g/mol. The van der Waals surface area contributed by atoms with E-state index in [-0.39, 0.29) is 0 Å². The van der Waals surface area contributed by atoms with Crippen molar-refractivity contribution in [2.24, 2.45) is 0 Å². The molecular weight excluding hydrogens is 264 g/mol. The molecule has 1 aromatic heterocycles. The molecule has 1 aliphatic rings. The molecule has 2 nitrogen and oxygen atoms in total. The molecule has 0 saturated carbocycles. The second-order valence-electron chi connectivity index (χ2n) is 4.95. The van der Waals surface area contributed by atoms with Crippen LogP contribution in [0.25, 0.3) is 10.8 Å². The quantitative estimate of drug-likeness (QED) is 0.747. The van der Waals surface area contributed by atoms with Crippen molar-refractivity contribution < 1.29 is 0 Å². The summed E-state index contributed by atoms with van der Waals surface area (Å²) in [6.45, 7) is 0. The van der Waals surface area contributed by atoms with E-state index in [4.69, 9.17) is 0 Å². The van der Waals surface area contributed by atoms with E-state index in [9.17, 15) is 0 Å². The lowest BCUT2D eigenvalue weighted by molar-refractivity contribution is 0.902. The van der Waals surface area contributed by atoms with Crippen molar-refractivity contribution in [2.45, 2.75) is 10.9 Å². The van der Waals surface area contributed by atoms with Gasteiger partial charge in [0.2, 0.25) is 0 Å². The normalized spacial score (nSPS) is 17.1. The summed E-state index contributed by atoms with van der Waals surface area (Å²) in [6.07, 6.45) is 3.78. The first-order chi connectivity index (χ1) is 9.92. The fourth-order valence-corrected chi connectivity index (χ4v) is 3.87. The van der Waals surface area contributed by atoms with E-state index < -0.39 is 0 Å². The van der Waals surface area contributed by atoms with Crippen molar-refractivity contribution in [1.29, 1.82) is 0 Å². The number of aromatic nitrogens is 1. The van der Waals surface area contributed by atoms with Gasteiger partial charge in [0.25, 0.3) is 0 Å². The molecule has 20 heavy (non-hydrogen) atoms. The predicted octanol–water partition coefficient (Wildman–Crippen LogP) is 4.49. The third-order valence-corrected chi connectivity index (χ3v) is 4.90.